The Morgan fingerprint density at radius 3 is 2.93 bits per heavy atom. The second-order valence-electron chi connectivity index (χ2n) is 4.24. The Hall–Kier alpha value is -0.450. The van der Waals surface area contributed by atoms with E-state index in [0.29, 0.717) is 6.42 Å². The van der Waals surface area contributed by atoms with Crippen LogP contribution < -0.4 is 0 Å². The summed E-state index contributed by atoms with van der Waals surface area (Å²) in [6.07, 6.45) is 2.41. The van der Waals surface area contributed by atoms with E-state index in [1.807, 2.05) is 19.2 Å². The molecule has 1 aromatic heterocycles. The van der Waals surface area contributed by atoms with E-state index < -0.39 is 5.60 Å². The number of rotatable bonds is 4. The van der Waals surface area contributed by atoms with Crippen molar-refractivity contribution in [3.05, 3.63) is 16.1 Å². The maximum atomic E-state index is 10.2. The summed E-state index contributed by atoms with van der Waals surface area (Å²) in [5.74, 6) is 0. The Morgan fingerprint density at radius 1 is 1.67 bits per heavy atom. The Morgan fingerprint density at radius 2 is 2.40 bits per heavy atom. The SMILES string of the molecule is CCOC1CC(O)(Cc2csc(C)n2)C1. The Balaban J connectivity index is 1.86. The van der Waals surface area contributed by atoms with Gasteiger partial charge in [0.1, 0.15) is 0 Å². The summed E-state index contributed by atoms with van der Waals surface area (Å²) >= 11 is 1.64. The molecule has 4 heteroatoms. The van der Waals surface area contributed by atoms with Crippen molar-refractivity contribution in [3.8, 4) is 0 Å². The van der Waals surface area contributed by atoms with Crippen LogP contribution in [-0.2, 0) is 11.2 Å². The fourth-order valence-corrected chi connectivity index (χ4v) is 2.72. The first kappa shape index (κ1) is 11.0. The first-order valence-electron chi connectivity index (χ1n) is 5.36. The molecule has 84 valence electrons. The van der Waals surface area contributed by atoms with Gasteiger partial charge in [0.2, 0.25) is 0 Å². The maximum Gasteiger partial charge on any atom is 0.0897 e. The molecule has 15 heavy (non-hydrogen) atoms. The summed E-state index contributed by atoms with van der Waals surface area (Å²) in [6, 6.07) is 0. The zero-order valence-corrected chi connectivity index (χ0v) is 10.0. The second kappa shape index (κ2) is 4.20. The highest BCUT2D eigenvalue weighted by Crippen LogP contribution is 2.37. The Labute approximate surface area is 94.1 Å². The number of nitrogens with zero attached hydrogens (tertiary/aromatic N) is 1. The highest BCUT2D eigenvalue weighted by atomic mass is 32.1. The number of ether oxygens (including phenoxy) is 1. The van der Waals surface area contributed by atoms with Gasteiger partial charge in [-0.2, -0.15) is 0 Å². The summed E-state index contributed by atoms with van der Waals surface area (Å²) in [4.78, 5) is 4.37. The van der Waals surface area contributed by atoms with Gasteiger partial charge in [0, 0.05) is 31.2 Å². The van der Waals surface area contributed by atoms with Gasteiger partial charge in [0.15, 0.2) is 0 Å². The average molecular weight is 227 g/mol. The van der Waals surface area contributed by atoms with Gasteiger partial charge >= 0.3 is 0 Å². The summed E-state index contributed by atoms with van der Waals surface area (Å²) < 4.78 is 5.44. The normalized spacial score (nSPS) is 30.2. The molecule has 0 bridgehead atoms. The van der Waals surface area contributed by atoms with Crippen LogP contribution in [0.25, 0.3) is 0 Å². The number of aromatic nitrogens is 1. The molecule has 0 spiro atoms. The van der Waals surface area contributed by atoms with E-state index in [-0.39, 0.29) is 6.10 Å². The largest absolute Gasteiger partial charge is 0.389 e. The topological polar surface area (TPSA) is 42.4 Å². The number of thiazole rings is 1. The molecule has 1 N–H and O–H groups in total. The summed E-state index contributed by atoms with van der Waals surface area (Å²) in [5, 5.41) is 13.2. The molecule has 1 heterocycles. The van der Waals surface area contributed by atoms with Crippen LogP contribution in [0.1, 0.15) is 30.5 Å². The van der Waals surface area contributed by atoms with E-state index in [1.54, 1.807) is 11.3 Å². The van der Waals surface area contributed by atoms with Gasteiger partial charge in [-0.1, -0.05) is 0 Å². The van der Waals surface area contributed by atoms with Crippen LogP contribution in [0, 0.1) is 6.92 Å². The highest BCUT2D eigenvalue weighted by Gasteiger charge is 2.43. The van der Waals surface area contributed by atoms with E-state index >= 15 is 0 Å². The molecule has 1 aromatic rings. The summed E-state index contributed by atoms with van der Waals surface area (Å²) in [6.45, 7) is 4.71. The number of hydrogen-bond donors (Lipinski definition) is 1. The van der Waals surface area contributed by atoms with E-state index in [4.69, 9.17) is 4.74 Å². The number of aryl methyl sites for hydroxylation is 1. The summed E-state index contributed by atoms with van der Waals surface area (Å²) in [7, 11) is 0. The standard InChI is InChI=1S/C11H17NO2S/c1-3-14-10-5-11(13,6-10)4-9-7-15-8(2)12-9/h7,10,13H,3-6H2,1-2H3. The molecule has 1 aliphatic carbocycles. The molecule has 0 radical (unpaired) electrons. The molecular weight excluding hydrogens is 210 g/mol. The molecule has 0 atom stereocenters. The van der Waals surface area contributed by atoms with Gasteiger partial charge in [-0.15, -0.1) is 11.3 Å². The summed E-state index contributed by atoms with van der Waals surface area (Å²) in [5.41, 5.74) is 0.440. The predicted molar refractivity (Wildman–Crippen MR) is 60.2 cm³/mol. The molecule has 0 aliphatic heterocycles. The smallest absolute Gasteiger partial charge is 0.0897 e. The lowest BCUT2D eigenvalue weighted by Crippen LogP contribution is -2.50. The van der Waals surface area contributed by atoms with Crippen LogP contribution in [0.2, 0.25) is 0 Å². The Kier molecular flexibility index (Phi) is 3.09. The van der Waals surface area contributed by atoms with Gasteiger partial charge in [-0.3, -0.25) is 0 Å². The fourth-order valence-electron chi connectivity index (χ4n) is 2.11. The lowest BCUT2D eigenvalue weighted by atomic mass is 9.74. The number of aliphatic hydroxyl groups is 1. The molecule has 1 aliphatic rings. The van der Waals surface area contributed by atoms with Crippen molar-refractivity contribution in [1.82, 2.24) is 4.98 Å². The van der Waals surface area contributed by atoms with Crippen LogP contribution >= 0.6 is 11.3 Å². The second-order valence-corrected chi connectivity index (χ2v) is 5.31. The molecule has 0 saturated heterocycles. The van der Waals surface area contributed by atoms with Gasteiger partial charge < -0.3 is 9.84 Å². The highest BCUT2D eigenvalue weighted by molar-refractivity contribution is 7.09. The molecule has 0 aromatic carbocycles. The number of hydrogen-bond acceptors (Lipinski definition) is 4. The van der Waals surface area contributed by atoms with Crippen molar-refractivity contribution in [2.45, 2.75) is 44.8 Å². The van der Waals surface area contributed by atoms with Crippen molar-refractivity contribution < 1.29 is 9.84 Å². The van der Waals surface area contributed by atoms with E-state index in [2.05, 4.69) is 4.98 Å². The Bertz CT molecular complexity index is 331. The van der Waals surface area contributed by atoms with Gasteiger partial charge in [0.25, 0.3) is 0 Å². The van der Waals surface area contributed by atoms with Crippen LogP contribution in [-0.4, -0.2) is 28.4 Å². The minimum Gasteiger partial charge on any atom is -0.389 e. The van der Waals surface area contributed by atoms with Crippen molar-refractivity contribution >= 4 is 11.3 Å². The third kappa shape index (κ3) is 2.56. The van der Waals surface area contributed by atoms with Crippen LogP contribution in [0.5, 0.6) is 0 Å². The third-order valence-electron chi connectivity index (χ3n) is 2.79. The lowest BCUT2D eigenvalue weighted by molar-refractivity contribution is -0.136. The lowest BCUT2D eigenvalue weighted by Gasteiger charge is -2.42. The first-order valence-corrected chi connectivity index (χ1v) is 6.24. The zero-order valence-electron chi connectivity index (χ0n) is 9.19. The molecule has 2 rings (SSSR count). The molecule has 0 unspecified atom stereocenters. The molecule has 0 amide bonds. The van der Waals surface area contributed by atoms with Crippen molar-refractivity contribution in [1.29, 1.82) is 0 Å². The third-order valence-corrected chi connectivity index (χ3v) is 3.62. The van der Waals surface area contributed by atoms with Gasteiger partial charge in [-0.05, 0) is 13.8 Å². The molecule has 1 saturated carbocycles. The van der Waals surface area contributed by atoms with Gasteiger partial charge in [0.05, 0.1) is 22.4 Å². The minimum atomic E-state index is -0.569. The van der Waals surface area contributed by atoms with Crippen LogP contribution in [0.4, 0.5) is 0 Å². The monoisotopic (exact) mass is 227 g/mol. The maximum absolute atomic E-state index is 10.2. The van der Waals surface area contributed by atoms with Crippen LogP contribution in [0.3, 0.4) is 0 Å². The van der Waals surface area contributed by atoms with Crippen molar-refractivity contribution in [2.24, 2.45) is 0 Å². The van der Waals surface area contributed by atoms with E-state index in [9.17, 15) is 5.11 Å². The molecular formula is C11H17NO2S. The quantitative estimate of drug-likeness (QED) is 0.854. The fraction of sp³-hybridized carbons (Fsp3) is 0.727. The first-order chi connectivity index (χ1) is 7.11. The molecule has 1 fully saturated rings. The van der Waals surface area contributed by atoms with E-state index in [0.717, 1.165) is 30.2 Å². The van der Waals surface area contributed by atoms with Crippen LogP contribution in [0.15, 0.2) is 5.38 Å². The van der Waals surface area contributed by atoms with Crippen molar-refractivity contribution in [3.63, 3.8) is 0 Å². The van der Waals surface area contributed by atoms with E-state index in [1.165, 1.54) is 0 Å². The molecule has 3 nitrogen and oxygen atoms in total. The average Bonchev–Trinajstić information content (AvgIpc) is 2.49. The predicted octanol–water partition coefficient (Wildman–Crippen LogP) is 1.92. The minimum absolute atomic E-state index is 0.250. The zero-order chi connectivity index (χ0) is 10.9. The van der Waals surface area contributed by atoms with Crippen molar-refractivity contribution in [2.75, 3.05) is 6.61 Å². The van der Waals surface area contributed by atoms with Gasteiger partial charge in [-0.25, -0.2) is 4.98 Å².